The van der Waals surface area contributed by atoms with Crippen molar-refractivity contribution >= 4 is 5.91 Å². The van der Waals surface area contributed by atoms with Crippen molar-refractivity contribution in [3.8, 4) is 0 Å². The lowest BCUT2D eigenvalue weighted by molar-refractivity contribution is -0.121. The fourth-order valence-corrected chi connectivity index (χ4v) is 4.82. The number of carbonyl (C=O) groups is 1. The van der Waals surface area contributed by atoms with E-state index in [-0.39, 0.29) is 5.91 Å². The first-order chi connectivity index (χ1) is 12.1. The summed E-state index contributed by atoms with van der Waals surface area (Å²) in [6, 6.07) is 8.60. The van der Waals surface area contributed by atoms with Gasteiger partial charge in [-0.2, -0.15) is 0 Å². The number of aryl methyl sites for hydroxylation is 1. The highest BCUT2D eigenvalue weighted by molar-refractivity contribution is 5.77. The Labute approximate surface area is 153 Å². The number of unbranched alkanes of at least 4 members (excludes halogenated alkanes) is 1. The quantitative estimate of drug-likeness (QED) is 0.760. The maximum absolute atomic E-state index is 12.2. The number of carbonyl (C=O) groups excluding carboxylic acids is 1. The average Bonchev–Trinajstić information content (AvgIpc) is 2.97. The minimum atomic E-state index is 0.224. The number of hydrogen-bond acceptors (Lipinski definition) is 2. The van der Waals surface area contributed by atoms with Gasteiger partial charge in [0, 0.05) is 26.1 Å². The summed E-state index contributed by atoms with van der Waals surface area (Å²) >= 11 is 0. The highest BCUT2D eigenvalue weighted by Crippen LogP contribution is 2.35. The van der Waals surface area contributed by atoms with Gasteiger partial charge < -0.3 is 10.2 Å². The lowest BCUT2D eigenvalue weighted by Crippen LogP contribution is -2.39. The van der Waals surface area contributed by atoms with E-state index in [4.69, 9.17) is 0 Å². The molecule has 1 saturated heterocycles. The van der Waals surface area contributed by atoms with Crippen molar-refractivity contribution in [1.82, 2.24) is 10.2 Å². The first kappa shape index (κ1) is 18.4. The zero-order valence-electron chi connectivity index (χ0n) is 16.0. The molecule has 1 amide bonds. The summed E-state index contributed by atoms with van der Waals surface area (Å²) in [6.45, 7) is 9.23. The molecule has 1 heterocycles. The van der Waals surface area contributed by atoms with Gasteiger partial charge in [-0.15, -0.1) is 0 Å². The minimum absolute atomic E-state index is 0.224. The second-order valence-corrected chi connectivity index (χ2v) is 8.40. The Balaban J connectivity index is 1.30. The van der Waals surface area contributed by atoms with Crippen molar-refractivity contribution < 1.29 is 4.79 Å². The van der Waals surface area contributed by atoms with Crippen LogP contribution in [0, 0.1) is 11.8 Å². The number of benzene rings is 1. The Morgan fingerprint density at radius 2 is 1.92 bits per heavy atom. The molecule has 0 saturated carbocycles. The molecule has 1 N–H and O–H groups in total. The lowest BCUT2D eigenvalue weighted by atomic mass is 9.92. The molecule has 25 heavy (non-hydrogen) atoms. The third-order valence-electron chi connectivity index (χ3n) is 5.86. The average molecular weight is 343 g/mol. The predicted octanol–water partition coefficient (Wildman–Crippen LogP) is 3.98. The molecule has 3 heteroatoms. The van der Waals surface area contributed by atoms with E-state index in [2.05, 4.69) is 48.3 Å². The monoisotopic (exact) mass is 342 g/mol. The van der Waals surface area contributed by atoms with Crippen molar-refractivity contribution in [3.05, 3.63) is 35.4 Å². The Kier molecular flexibility index (Phi) is 6.52. The summed E-state index contributed by atoms with van der Waals surface area (Å²) in [5.74, 6) is 2.31. The predicted molar refractivity (Wildman–Crippen MR) is 104 cm³/mol. The number of nitrogens with one attached hydrogen (secondary N) is 1. The largest absolute Gasteiger partial charge is 0.356 e. The van der Waals surface area contributed by atoms with Gasteiger partial charge in [-0.3, -0.25) is 4.79 Å². The van der Waals surface area contributed by atoms with Crippen LogP contribution in [-0.2, 0) is 11.2 Å². The van der Waals surface area contributed by atoms with Crippen molar-refractivity contribution in [3.63, 3.8) is 0 Å². The van der Waals surface area contributed by atoms with Crippen LogP contribution in [0.25, 0.3) is 0 Å². The number of likely N-dealkylation sites (tertiary alicyclic amines) is 1. The van der Waals surface area contributed by atoms with Gasteiger partial charge in [0.05, 0.1) is 0 Å². The normalized spacial score (nSPS) is 26.4. The number of nitrogens with zero attached hydrogens (tertiary/aromatic N) is 1. The number of amides is 1. The van der Waals surface area contributed by atoms with Gasteiger partial charge in [0.25, 0.3) is 0 Å². The first-order valence-corrected chi connectivity index (χ1v) is 10.2. The summed E-state index contributed by atoms with van der Waals surface area (Å²) in [5, 5.41) is 3.14. The molecule has 1 fully saturated rings. The summed E-state index contributed by atoms with van der Waals surface area (Å²) in [7, 11) is 0. The van der Waals surface area contributed by atoms with E-state index in [1.54, 1.807) is 0 Å². The molecule has 3 unspecified atom stereocenters. The van der Waals surface area contributed by atoms with Crippen LogP contribution < -0.4 is 5.32 Å². The Morgan fingerprint density at radius 3 is 2.72 bits per heavy atom. The summed E-state index contributed by atoms with van der Waals surface area (Å²) in [4.78, 5) is 14.8. The summed E-state index contributed by atoms with van der Waals surface area (Å²) in [5.41, 5.74) is 2.83. The molecule has 2 aliphatic rings. The van der Waals surface area contributed by atoms with E-state index in [1.165, 1.54) is 43.6 Å². The van der Waals surface area contributed by atoms with Crippen molar-refractivity contribution in [2.45, 2.75) is 58.3 Å². The second-order valence-electron chi connectivity index (χ2n) is 8.40. The standard InChI is InChI=1S/C22H34N2O/c1-17-13-18(2)16-24(15-17)12-6-5-11-23-22(25)14-20-10-9-19-7-3-4-8-21(19)20/h3-4,7-8,17-18,20H,5-6,9-16H2,1-2H3,(H,23,25). The topological polar surface area (TPSA) is 32.3 Å². The van der Waals surface area contributed by atoms with Gasteiger partial charge in [0.2, 0.25) is 5.91 Å². The molecular weight excluding hydrogens is 308 g/mol. The van der Waals surface area contributed by atoms with Gasteiger partial charge in [-0.05, 0) is 67.5 Å². The number of hydrogen-bond donors (Lipinski definition) is 1. The zero-order chi connectivity index (χ0) is 17.6. The third kappa shape index (κ3) is 5.31. The van der Waals surface area contributed by atoms with Gasteiger partial charge in [-0.1, -0.05) is 38.1 Å². The van der Waals surface area contributed by atoms with Gasteiger partial charge in [-0.25, -0.2) is 0 Å². The first-order valence-electron chi connectivity index (χ1n) is 10.2. The smallest absolute Gasteiger partial charge is 0.220 e. The Bertz CT molecular complexity index is 561. The van der Waals surface area contributed by atoms with E-state index in [9.17, 15) is 4.79 Å². The minimum Gasteiger partial charge on any atom is -0.356 e. The molecule has 0 spiro atoms. The molecule has 0 aromatic heterocycles. The maximum Gasteiger partial charge on any atom is 0.220 e. The van der Waals surface area contributed by atoms with Crippen LogP contribution in [0.5, 0.6) is 0 Å². The second kappa shape index (κ2) is 8.84. The fraction of sp³-hybridized carbons (Fsp3) is 0.682. The van der Waals surface area contributed by atoms with Crippen molar-refractivity contribution in [2.75, 3.05) is 26.2 Å². The molecule has 1 aromatic rings. The van der Waals surface area contributed by atoms with Crippen LogP contribution in [-0.4, -0.2) is 37.0 Å². The highest BCUT2D eigenvalue weighted by Gasteiger charge is 2.24. The molecule has 3 nitrogen and oxygen atoms in total. The molecule has 1 aliphatic heterocycles. The van der Waals surface area contributed by atoms with E-state index in [0.29, 0.717) is 12.3 Å². The number of piperidine rings is 1. The Hall–Kier alpha value is -1.35. The van der Waals surface area contributed by atoms with Gasteiger partial charge >= 0.3 is 0 Å². The van der Waals surface area contributed by atoms with Gasteiger partial charge in [0.1, 0.15) is 0 Å². The Morgan fingerprint density at radius 1 is 1.16 bits per heavy atom. The lowest BCUT2D eigenvalue weighted by Gasteiger charge is -2.34. The van der Waals surface area contributed by atoms with E-state index in [0.717, 1.165) is 37.6 Å². The van der Waals surface area contributed by atoms with Crippen molar-refractivity contribution in [2.24, 2.45) is 11.8 Å². The fourth-order valence-electron chi connectivity index (χ4n) is 4.82. The molecule has 3 rings (SSSR count). The van der Waals surface area contributed by atoms with Crippen LogP contribution in [0.4, 0.5) is 0 Å². The van der Waals surface area contributed by atoms with Crippen LogP contribution in [0.1, 0.15) is 63.0 Å². The molecule has 0 bridgehead atoms. The SMILES string of the molecule is CC1CC(C)CN(CCCCNC(=O)CC2CCc3ccccc32)C1. The summed E-state index contributed by atoms with van der Waals surface area (Å²) < 4.78 is 0. The zero-order valence-corrected chi connectivity index (χ0v) is 16.0. The van der Waals surface area contributed by atoms with E-state index >= 15 is 0 Å². The van der Waals surface area contributed by atoms with Gasteiger partial charge in [0.15, 0.2) is 0 Å². The molecule has 0 radical (unpaired) electrons. The van der Waals surface area contributed by atoms with Crippen LogP contribution >= 0.6 is 0 Å². The van der Waals surface area contributed by atoms with Crippen LogP contribution in [0.15, 0.2) is 24.3 Å². The maximum atomic E-state index is 12.2. The van der Waals surface area contributed by atoms with Crippen LogP contribution in [0.2, 0.25) is 0 Å². The van der Waals surface area contributed by atoms with E-state index < -0.39 is 0 Å². The summed E-state index contributed by atoms with van der Waals surface area (Å²) in [6.07, 6.45) is 6.55. The van der Waals surface area contributed by atoms with Crippen molar-refractivity contribution in [1.29, 1.82) is 0 Å². The molecule has 138 valence electrons. The molecule has 1 aliphatic carbocycles. The molecule has 1 aromatic carbocycles. The number of rotatable bonds is 7. The van der Waals surface area contributed by atoms with E-state index in [1.807, 2.05) is 0 Å². The molecular formula is C22H34N2O. The number of fused-ring (bicyclic) bond motifs is 1. The van der Waals surface area contributed by atoms with Crippen LogP contribution in [0.3, 0.4) is 0 Å². The third-order valence-corrected chi connectivity index (χ3v) is 5.86. The highest BCUT2D eigenvalue weighted by atomic mass is 16.1. The molecule has 3 atom stereocenters.